The molecule has 2 aromatic carbocycles. The molecule has 1 aliphatic rings. The standard InChI is InChI=1S/C19H18N2O2S/c1-12-6-4-9-16(13(12)2)20-19-21-18(22)17(24-19)11-14-7-5-8-15(10-14)23-3/h4-11H,1-3H3,(H,20,21,22). The maximum atomic E-state index is 12.2. The summed E-state index contributed by atoms with van der Waals surface area (Å²) in [4.78, 5) is 17.4. The molecule has 0 aromatic heterocycles. The Balaban J connectivity index is 1.86. The Hall–Kier alpha value is -2.53. The van der Waals surface area contributed by atoms with Crippen LogP contribution in [0.15, 0.2) is 52.4 Å². The topological polar surface area (TPSA) is 50.7 Å². The van der Waals surface area contributed by atoms with Crippen LogP contribution in [-0.2, 0) is 4.79 Å². The van der Waals surface area contributed by atoms with Crippen LogP contribution in [0.5, 0.6) is 5.75 Å². The van der Waals surface area contributed by atoms with E-state index in [1.54, 1.807) is 7.11 Å². The van der Waals surface area contributed by atoms with Gasteiger partial charge in [0.15, 0.2) is 5.17 Å². The van der Waals surface area contributed by atoms with Crippen molar-refractivity contribution in [1.29, 1.82) is 0 Å². The average Bonchev–Trinajstić information content (AvgIpc) is 2.91. The van der Waals surface area contributed by atoms with E-state index in [4.69, 9.17) is 4.74 Å². The molecule has 5 heteroatoms. The van der Waals surface area contributed by atoms with E-state index in [1.807, 2.05) is 62.4 Å². The molecule has 122 valence electrons. The van der Waals surface area contributed by atoms with Gasteiger partial charge >= 0.3 is 0 Å². The summed E-state index contributed by atoms with van der Waals surface area (Å²) < 4.78 is 5.21. The number of hydrogen-bond donors (Lipinski definition) is 1. The highest BCUT2D eigenvalue weighted by Crippen LogP contribution is 2.30. The summed E-state index contributed by atoms with van der Waals surface area (Å²) in [6, 6.07) is 13.6. The third-order valence-corrected chi connectivity index (χ3v) is 4.75. The van der Waals surface area contributed by atoms with Gasteiger partial charge in [0.1, 0.15) is 5.75 Å². The molecule has 0 radical (unpaired) electrons. The number of nitrogens with one attached hydrogen (secondary N) is 1. The van der Waals surface area contributed by atoms with Gasteiger partial charge in [-0.15, -0.1) is 0 Å². The highest BCUT2D eigenvalue weighted by Gasteiger charge is 2.24. The van der Waals surface area contributed by atoms with Crippen molar-refractivity contribution in [3.05, 3.63) is 64.1 Å². The molecule has 1 fully saturated rings. The summed E-state index contributed by atoms with van der Waals surface area (Å²) >= 11 is 1.35. The SMILES string of the molecule is COc1cccc(C=C2SC(=Nc3cccc(C)c3C)NC2=O)c1. The van der Waals surface area contributed by atoms with Gasteiger partial charge < -0.3 is 10.1 Å². The smallest absolute Gasteiger partial charge is 0.264 e. The highest BCUT2D eigenvalue weighted by atomic mass is 32.2. The number of rotatable bonds is 3. The molecule has 0 atom stereocenters. The number of amidine groups is 1. The fourth-order valence-corrected chi connectivity index (χ4v) is 3.16. The van der Waals surface area contributed by atoms with Gasteiger partial charge in [-0.1, -0.05) is 24.3 Å². The minimum absolute atomic E-state index is 0.133. The maximum Gasteiger partial charge on any atom is 0.264 e. The van der Waals surface area contributed by atoms with Crippen LogP contribution in [0.1, 0.15) is 16.7 Å². The quantitative estimate of drug-likeness (QED) is 0.853. The van der Waals surface area contributed by atoms with Gasteiger partial charge in [-0.25, -0.2) is 4.99 Å². The number of amides is 1. The fraction of sp³-hybridized carbons (Fsp3) is 0.158. The van der Waals surface area contributed by atoms with E-state index < -0.39 is 0 Å². The van der Waals surface area contributed by atoms with E-state index in [0.717, 1.165) is 22.6 Å². The van der Waals surface area contributed by atoms with Crippen molar-refractivity contribution in [2.75, 3.05) is 7.11 Å². The lowest BCUT2D eigenvalue weighted by Crippen LogP contribution is -2.19. The van der Waals surface area contributed by atoms with E-state index >= 15 is 0 Å². The molecule has 2 aromatic rings. The maximum absolute atomic E-state index is 12.2. The molecule has 1 heterocycles. The van der Waals surface area contributed by atoms with Crippen molar-refractivity contribution in [3.63, 3.8) is 0 Å². The molecule has 0 spiro atoms. The normalized spacial score (nSPS) is 17.4. The Morgan fingerprint density at radius 3 is 2.75 bits per heavy atom. The fourth-order valence-electron chi connectivity index (χ4n) is 2.33. The summed E-state index contributed by atoms with van der Waals surface area (Å²) in [5, 5.41) is 3.42. The summed E-state index contributed by atoms with van der Waals surface area (Å²) in [7, 11) is 1.62. The Kier molecular flexibility index (Phi) is 4.71. The van der Waals surface area contributed by atoms with Gasteiger partial charge in [-0.3, -0.25) is 4.79 Å². The van der Waals surface area contributed by atoms with E-state index in [1.165, 1.54) is 17.3 Å². The molecular formula is C19H18N2O2S. The second-order valence-corrected chi connectivity index (χ2v) is 6.51. The van der Waals surface area contributed by atoms with Crippen LogP contribution in [-0.4, -0.2) is 18.2 Å². The van der Waals surface area contributed by atoms with Crippen molar-refractivity contribution in [3.8, 4) is 5.75 Å². The molecule has 24 heavy (non-hydrogen) atoms. The highest BCUT2D eigenvalue weighted by molar-refractivity contribution is 8.18. The van der Waals surface area contributed by atoms with Crippen LogP contribution >= 0.6 is 11.8 Å². The van der Waals surface area contributed by atoms with E-state index in [9.17, 15) is 4.79 Å². The summed E-state index contributed by atoms with van der Waals surface area (Å²) in [5.74, 6) is 0.629. The number of carbonyl (C=O) groups excluding carboxylic acids is 1. The van der Waals surface area contributed by atoms with Gasteiger partial charge in [0, 0.05) is 0 Å². The van der Waals surface area contributed by atoms with Crippen LogP contribution in [0, 0.1) is 13.8 Å². The molecule has 0 unspecified atom stereocenters. The predicted molar refractivity (Wildman–Crippen MR) is 99.7 cm³/mol. The number of carbonyl (C=O) groups is 1. The number of hydrogen-bond acceptors (Lipinski definition) is 4. The number of benzene rings is 2. The van der Waals surface area contributed by atoms with Gasteiger partial charge in [-0.2, -0.15) is 0 Å². The zero-order chi connectivity index (χ0) is 17.1. The van der Waals surface area contributed by atoms with Crippen LogP contribution in [0.4, 0.5) is 5.69 Å². The summed E-state index contributed by atoms with van der Waals surface area (Å²) in [5.41, 5.74) is 4.09. The van der Waals surface area contributed by atoms with E-state index in [2.05, 4.69) is 10.3 Å². The molecule has 1 saturated heterocycles. The van der Waals surface area contributed by atoms with E-state index in [-0.39, 0.29) is 5.91 Å². The van der Waals surface area contributed by atoms with Gasteiger partial charge in [0.25, 0.3) is 5.91 Å². The number of ether oxygens (including phenoxy) is 1. The minimum Gasteiger partial charge on any atom is -0.497 e. The number of aryl methyl sites for hydroxylation is 1. The number of thioether (sulfide) groups is 1. The second kappa shape index (κ2) is 6.93. The molecule has 1 aliphatic heterocycles. The van der Waals surface area contributed by atoms with Crippen LogP contribution < -0.4 is 10.1 Å². The first-order chi connectivity index (χ1) is 11.6. The Labute approximate surface area is 145 Å². The lowest BCUT2D eigenvalue weighted by molar-refractivity contribution is -0.115. The molecule has 0 saturated carbocycles. The molecule has 3 rings (SSSR count). The first-order valence-corrected chi connectivity index (χ1v) is 8.38. The lowest BCUT2D eigenvalue weighted by Gasteiger charge is -2.04. The third kappa shape index (κ3) is 3.51. The van der Waals surface area contributed by atoms with Gasteiger partial charge in [0.05, 0.1) is 17.7 Å². The van der Waals surface area contributed by atoms with Crippen molar-refractivity contribution in [2.45, 2.75) is 13.8 Å². The zero-order valence-electron chi connectivity index (χ0n) is 13.8. The zero-order valence-corrected chi connectivity index (χ0v) is 14.6. The van der Waals surface area contributed by atoms with Crippen LogP contribution in [0.3, 0.4) is 0 Å². The van der Waals surface area contributed by atoms with Gasteiger partial charge in [-0.05, 0) is 66.6 Å². The van der Waals surface area contributed by atoms with Crippen LogP contribution in [0.25, 0.3) is 6.08 Å². The lowest BCUT2D eigenvalue weighted by atomic mass is 10.1. The minimum atomic E-state index is -0.133. The first kappa shape index (κ1) is 16.3. The van der Waals surface area contributed by atoms with Crippen LogP contribution in [0.2, 0.25) is 0 Å². The summed E-state index contributed by atoms with van der Waals surface area (Å²) in [6.45, 7) is 4.08. The summed E-state index contributed by atoms with van der Waals surface area (Å²) in [6.07, 6.45) is 1.84. The average molecular weight is 338 g/mol. The number of nitrogens with zero attached hydrogens (tertiary/aromatic N) is 1. The third-order valence-electron chi connectivity index (χ3n) is 3.84. The van der Waals surface area contributed by atoms with Crippen molar-refractivity contribution < 1.29 is 9.53 Å². The molecule has 0 aliphatic carbocycles. The Bertz CT molecular complexity index is 856. The largest absolute Gasteiger partial charge is 0.497 e. The number of methoxy groups -OCH3 is 1. The Morgan fingerprint density at radius 2 is 1.96 bits per heavy atom. The van der Waals surface area contributed by atoms with Gasteiger partial charge in [0.2, 0.25) is 0 Å². The van der Waals surface area contributed by atoms with Crippen molar-refractivity contribution in [2.24, 2.45) is 4.99 Å². The molecule has 0 bridgehead atoms. The monoisotopic (exact) mass is 338 g/mol. The van der Waals surface area contributed by atoms with Crippen molar-refractivity contribution >= 4 is 34.6 Å². The second-order valence-electron chi connectivity index (χ2n) is 5.48. The molecule has 1 amide bonds. The molecule has 4 nitrogen and oxygen atoms in total. The first-order valence-electron chi connectivity index (χ1n) is 7.56. The molecule has 1 N–H and O–H groups in total. The van der Waals surface area contributed by atoms with Crippen molar-refractivity contribution in [1.82, 2.24) is 5.32 Å². The number of aliphatic imine (C=N–C) groups is 1. The molecular weight excluding hydrogens is 320 g/mol. The van der Waals surface area contributed by atoms with E-state index in [0.29, 0.717) is 10.1 Å². The Morgan fingerprint density at radius 1 is 1.17 bits per heavy atom. The predicted octanol–water partition coefficient (Wildman–Crippen LogP) is 4.20.